The second kappa shape index (κ2) is 5.22. The maximum absolute atomic E-state index is 13.3. The zero-order chi connectivity index (χ0) is 13.1. The average molecular weight is 315 g/mol. The summed E-state index contributed by atoms with van der Waals surface area (Å²) in [4.78, 5) is 10.9. The van der Waals surface area contributed by atoms with Crippen molar-refractivity contribution in [1.82, 2.24) is 0 Å². The number of rotatable bonds is 4. The van der Waals surface area contributed by atoms with Gasteiger partial charge in [0, 0.05) is 0 Å². The molecule has 0 aliphatic carbocycles. The van der Waals surface area contributed by atoms with Gasteiger partial charge in [-0.2, -0.15) is 0 Å². The molecular weight excluding hydrogens is 307 g/mol. The Hall–Kier alpha value is -1.82. The first-order valence-electron chi connectivity index (χ1n) is 4.96. The molecule has 0 unspecified atom stereocenters. The molecule has 0 amide bonds. The second-order valence-electron chi connectivity index (χ2n) is 3.41. The van der Waals surface area contributed by atoms with Crippen LogP contribution in [0.2, 0.25) is 0 Å². The smallest absolute Gasteiger partial charge is 0.342 e. The van der Waals surface area contributed by atoms with E-state index in [0.29, 0.717) is 10.4 Å². The van der Waals surface area contributed by atoms with Gasteiger partial charge in [0.2, 0.25) is 0 Å². The van der Waals surface area contributed by atoms with Gasteiger partial charge in [-0.3, -0.25) is 0 Å². The van der Waals surface area contributed by atoms with Crippen LogP contribution < -0.4 is 4.74 Å². The molecule has 1 aromatic heterocycles. The van der Waals surface area contributed by atoms with E-state index < -0.39 is 17.3 Å². The van der Waals surface area contributed by atoms with E-state index >= 15 is 0 Å². The van der Waals surface area contributed by atoms with Crippen LogP contribution >= 0.6 is 15.9 Å². The Morgan fingerprint density at radius 1 is 1.39 bits per heavy atom. The lowest BCUT2D eigenvalue weighted by molar-refractivity contribution is 0.0685. The molecule has 1 heterocycles. The first-order chi connectivity index (χ1) is 8.58. The molecule has 0 fully saturated rings. The van der Waals surface area contributed by atoms with Gasteiger partial charge in [0.15, 0.2) is 4.67 Å². The number of benzene rings is 1. The van der Waals surface area contributed by atoms with Crippen LogP contribution in [-0.2, 0) is 6.61 Å². The van der Waals surface area contributed by atoms with E-state index in [1.165, 1.54) is 12.1 Å². The summed E-state index contributed by atoms with van der Waals surface area (Å²) < 4.78 is 24.3. The molecule has 0 aliphatic rings. The number of carboxylic acid groups (broad SMARTS) is 1. The van der Waals surface area contributed by atoms with Crippen LogP contribution in [0.1, 0.15) is 16.1 Å². The minimum atomic E-state index is -1.37. The number of ether oxygens (including phenoxy) is 1. The van der Waals surface area contributed by atoms with E-state index in [4.69, 9.17) is 14.3 Å². The van der Waals surface area contributed by atoms with Crippen molar-refractivity contribution in [1.29, 1.82) is 0 Å². The highest BCUT2D eigenvalue weighted by Gasteiger charge is 2.17. The lowest BCUT2D eigenvalue weighted by atomic mass is 10.2. The molecule has 94 valence electrons. The summed E-state index contributed by atoms with van der Waals surface area (Å²) in [5.41, 5.74) is -0.483. The molecule has 0 saturated carbocycles. The van der Waals surface area contributed by atoms with Gasteiger partial charge < -0.3 is 14.3 Å². The Morgan fingerprint density at radius 3 is 2.78 bits per heavy atom. The molecule has 18 heavy (non-hydrogen) atoms. The summed E-state index contributed by atoms with van der Waals surface area (Å²) in [6.45, 7) is 0.0231. The molecule has 0 atom stereocenters. The third kappa shape index (κ3) is 2.70. The van der Waals surface area contributed by atoms with Gasteiger partial charge >= 0.3 is 5.97 Å². The predicted molar refractivity (Wildman–Crippen MR) is 64.1 cm³/mol. The van der Waals surface area contributed by atoms with Crippen LogP contribution in [0.5, 0.6) is 5.75 Å². The summed E-state index contributed by atoms with van der Waals surface area (Å²) >= 11 is 3.13. The Kier molecular flexibility index (Phi) is 3.66. The highest BCUT2D eigenvalue weighted by Crippen LogP contribution is 2.23. The number of carboxylic acids is 1. The van der Waals surface area contributed by atoms with Gasteiger partial charge in [0.05, 0.1) is 0 Å². The fourth-order valence-electron chi connectivity index (χ4n) is 1.41. The van der Waals surface area contributed by atoms with E-state index in [9.17, 15) is 9.18 Å². The van der Waals surface area contributed by atoms with Crippen LogP contribution in [0.4, 0.5) is 4.39 Å². The standard InChI is InChI=1S/C12H8BrFO4/c13-10-5-4-7(18-10)6-17-9-3-1-2-8(14)11(9)12(15)16/h1-5H,6H2,(H,15,16). The zero-order valence-corrected chi connectivity index (χ0v) is 10.6. The van der Waals surface area contributed by atoms with Crippen molar-refractivity contribution in [2.75, 3.05) is 0 Å². The lowest BCUT2D eigenvalue weighted by Crippen LogP contribution is -2.05. The van der Waals surface area contributed by atoms with Gasteiger partial charge in [-0.1, -0.05) is 6.07 Å². The zero-order valence-electron chi connectivity index (χ0n) is 9.02. The van der Waals surface area contributed by atoms with E-state index in [1.54, 1.807) is 12.1 Å². The quantitative estimate of drug-likeness (QED) is 0.939. The van der Waals surface area contributed by atoms with Crippen molar-refractivity contribution in [2.24, 2.45) is 0 Å². The first-order valence-corrected chi connectivity index (χ1v) is 5.76. The molecule has 1 aromatic carbocycles. The first kappa shape index (κ1) is 12.6. The predicted octanol–water partition coefficient (Wildman–Crippen LogP) is 3.46. The third-order valence-corrected chi connectivity index (χ3v) is 2.61. The molecule has 2 rings (SSSR count). The highest BCUT2D eigenvalue weighted by atomic mass is 79.9. The molecule has 0 spiro atoms. The van der Waals surface area contributed by atoms with E-state index in [0.717, 1.165) is 6.07 Å². The Balaban J connectivity index is 2.19. The Morgan fingerprint density at radius 2 is 2.17 bits per heavy atom. The third-order valence-electron chi connectivity index (χ3n) is 2.19. The SMILES string of the molecule is O=C(O)c1c(F)cccc1OCc1ccc(Br)o1. The lowest BCUT2D eigenvalue weighted by Gasteiger charge is -2.08. The molecule has 0 radical (unpaired) electrons. The number of halogens is 2. The van der Waals surface area contributed by atoms with Crippen molar-refractivity contribution in [3.63, 3.8) is 0 Å². The Labute approximate surface area is 110 Å². The van der Waals surface area contributed by atoms with Crippen LogP contribution in [0.15, 0.2) is 39.4 Å². The van der Waals surface area contributed by atoms with Crippen molar-refractivity contribution < 1.29 is 23.4 Å². The van der Waals surface area contributed by atoms with Crippen molar-refractivity contribution in [3.05, 3.63) is 52.1 Å². The van der Waals surface area contributed by atoms with E-state index in [1.807, 2.05) is 0 Å². The summed E-state index contributed by atoms with van der Waals surface area (Å²) in [6.07, 6.45) is 0. The molecule has 4 nitrogen and oxygen atoms in total. The van der Waals surface area contributed by atoms with Crippen LogP contribution in [0.25, 0.3) is 0 Å². The van der Waals surface area contributed by atoms with E-state index in [-0.39, 0.29) is 12.4 Å². The van der Waals surface area contributed by atoms with Gasteiger partial charge in [0.1, 0.15) is 29.5 Å². The molecule has 6 heteroatoms. The number of carbonyl (C=O) groups is 1. The maximum atomic E-state index is 13.3. The van der Waals surface area contributed by atoms with Gasteiger partial charge in [-0.15, -0.1) is 0 Å². The largest absolute Gasteiger partial charge is 0.485 e. The van der Waals surface area contributed by atoms with Gasteiger partial charge in [0.25, 0.3) is 0 Å². The molecule has 0 bridgehead atoms. The van der Waals surface area contributed by atoms with Crippen molar-refractivity contribution >= 4 is 21.9 Å². The maximum Gasteiger partial charge on any atom is 0.342 e. The molecule has 2 aromatic rings. The number of furan rings is 1. The van der Waals surface area contributed by atoms with Crippen molar-refractivity contribution in [3.8, 4) is 5.75 Å². The Bertz CT molecular complexity index is 579. The number of aromatic carboxylic acids is 1. The van der Waals surface area contributed by atoms with Crippen molar-refractivity contribution in [2.45, 2.75) is 6.61 Å². The molecule has 1 N–H and O–H groups in total. The molecular formula is C12H8BrFO4. The monoisotopic (exact) mass is 314 g/mol. The minimum absolute atomic E-state index is 0.0231. The van der Waals surface area contributed by atoms with E-state index in [2.05, 4.69) is 15.9 Å². The fraction of sp³-hybridized carbons (Fsp3) is 0.0833. The molecule has 0 saturated heterocycles. The summed E-state index contributed by atoms with van der Waals surface area (Å²) in [5.74, 6) is -1.73. The van der Waals surface area contributed by atoms with Crippen LogP contribution in [-0.4, -0.2) is 11.1 Å². The van der Waals surface area contributed by atoms with Crippen LogP contribution in [0.3, 0.4) is 0 Å². The average Bonchev–Trinajstić information content (AvgIpc) is 2.72. The summed E-state index contributed by atoms with van der Waals surface area (Å²) in [7, 11) is 0. The highest BCUT2D eigenvalue weighted by molar-refractivity contribution is 9.10. The minimum Gasteiger partial charge on any atom is -0.485 e. The number of hydrogen-bond donors (Lipinski definition) is 1. The summed E-state index contributed by atoms with van der Waals surface area (Å²) in [5, 5.41) is 8.90. The topological polar surface area (TPSA) is 59.7 Å². The normalized spacial score (nSPS) is 10.3. The summed E-state index contributed by atoms with van der Waals surface area (Å²) in [6, 6.07) is 7.20. The van der Waals surface area contributed by atoms with Gasteiger partial charge in [-0.05, 0) is 40.2 Å². The molecule has 0 aliphatic heterocycles. The van der Waals surface area contributed by atoms with Gasteiger partial charge in [-0.25, -0.2) is 9.18 Å². The second-order valence-corrected chi connectivity index (χ2v) is 4.19. The number of hydrogen-bond acceptors (Lipinski definition) is 3. The van der Waals surface area contributed by atoms with Crippen LogP contribution in [0, 0.1) is 5.82 Å². The fourth-order valence-corrected chi connectivity index (χ4v) is 1.75.